The molecule has 4 aromatic rings. The molecule has 1 aromatic heterocycles. The summed E-state index contributed by atoms with van der Waals surface area (Å²) < 4.78 is 7.36. The van der Waals surface area contributed by atoms with Crippen molar-refractivity contribution < 1.29 is 9.53 Å². The molecule has 0 bridgehead atoms. The second-order valence-corrected chi connectivity index (χ2v) is 9.30. The molecule has 3 aromatic carbocycles. The molecule has 5 rings (SSSR count). The quantitative estimate of drug-likeness (QED) is 0.299. The van der Waals surface area contributed by atoms with E-state index in [2.05, 4.69) is 48.0 Å². The number of hydrogen-bond acceptors (Lipinski definition) is 6. The molecule has 0 spiro atoms. The van der Waals surface area contributed by atoms with Gasteiger partial charge in [-0.2, -0.15) is 5.10 Å². The lowest BCUT2D eigenvalue weighted by atomic mass is 10.1. The molecule has 1 N–H and O–H groups in total. The highest BCUT2D eigenvalue weighted by atomic mass is 32.2. The Bertz CT molecular complexity index is 1410. The molecule has 34 heavy (non-hydrogen) atoms. The van der Waals surface area contributed by atoms with Gasteiger partial charge in [0.1, 0.15) is 5.75 Å². The summed E-state index contributed by atoms with van der Waals surface area (Å²) in [6, 6.07) is 24.2. The van der Waals surface area contributed by atoms with E-state index in [1.54, 1.807) is 11.8 Å². The number of rotatable bonds is 6. The molecule has 0 aliphatic carbocycles. The van der Waals surface area contributed by atoms with Crippen molar-refractivity contribution in [1.82, 2.24) is 4.68 Å². The predicted molar refractivity (Wildman–Crippen MR) is 139 cm³/mol. The summed E-state index contributed by atoms with van der Waals surface area (Å²) in [5, 5.41) is 9.70. The highest BCUT2D eigenvalue weighted by Crippen LogP contribution is 2.33. The lowest BCUT2D eigenvalue weighted by Crippen LogP contribution is -2.25. The normalized spacial score (nSPS) is 13.6. The van der Waals surface area contributed by atoms with Gasteiger partial charge < -0.3 is 10.1 Å². The lowest BCUT2D eigenvalue weighted by Gasteiger charge is -2.18. The zero-order valence-corrected chi connectivity index (χ0v) is 20.1. The molecule has 0 unspecified atom stereocenters. The number of hydrogen-bond donors (Lipinski definition) is 1. The Hall–Kier alpha value is -3.62. The van der Waals surface area contributed by atoms with Crippen molar-refractivity contribution in [2.24, 2.45) is 10.1 Å². The van der Waals surface area contributed by atoms with Crippen LogP contribution in [0.3, 0.4) is 0 Å². The van der Waals surface area contributed by atoms with Gasteiger partial charge in [-0.3, -0.25) is 9.79 Å². The summed E-state index contributed by atoms with van der Waals surface area (Å²) in [7, 11) is 0. The van der Waals surface area contributed by atoms with Crippen molar-refractivity contribution in [3.05, 3.63) is 94.1 Å². The van der Waals surface area contributed by atoms with Crippen LogP contribution in [0.2, 0.25) is 0 Å². The van der Waals surface area contributed by atoms with Gasteiger partial charge >= 0.3 is 0 Å². The van der Waals surface area contributed by atoms with E-state index in [4.69, 9.17) is 14.8 Å². The number of thiazole rings is 1. The van der Waals surface area contributed by atoms with E-state index in [0.717, 1.165) is 27.2 Å². The van der Waals surface area contributed by atoms with Gasteiger partial charge in [0.25, 0.3) is 5.91 Å². The third-order valence-electron chi connectivity index (χ3n) is 5.27. The van der Waals surface area contributed by atoms with Crippen LogP contribution < -0.4 is 14.9 Å². The van der Waals surface area contributed by atoms with Gasteiger partial charge in [-0.1, -0.05) is 42.5 Å². The number of nitrogens with one attached hydrogen (secondary N) is 1. The average Bonchev–Trinajstić information content (AvgIpc) is 3.29. The zero-order valence-electron chi connectivity index (χ0n) is 18.5. The van der Waals surface area contributed by atoms with E-state index >= 15 is 0 Å². The van der Waals surface area contributed by atoms with Crippen LogP contribution in [-0.2, 0) is 11.3 Å². The van der Waals surface area contributed by atoms with Crippen molar-refractivity contribution in [2.45, 2.75) is 11.4 Å². The van der Waals surface area contributed by atoms with Crippen LogP contribution in [0.1, 0.15) is 11.1 Å². The molecule has 0 saturated heterocycles. The first kappa shape index (κ1) is 22.2. The smallest absolute Gasteiger partial charge is 0.262 e. The number of carbonyl (C=O) groups is 1. The largest absolute Gasteiger partial charge is 0.482 e. The number of amides is 1. The maximum atomic E-state index is 11.8. The van der Waals surface area contributed by atoms with Gasteiger partial charge in [-0.05, 0) is 47.7 Å². The van der Waals surface area contributed by atoms with Crippen molar-refractivity contribution in [3.63, 3.8) is 0 Å². The van der Waals surface area contributed by atoms with Crippen molar-refractivity contribution in [3.8, 4) is 17.0 Å². The summed E-state index contributed by atoms with van der Waals surface area (Å²) in [4.78, 5) is 18.6. The van der Waals surface area contributed by atoms with Gasteiger partial charge in [0.05, 0.1) is 24.1 Å². The highest BCUT2D eigenvalue weighted by Gasteiger charge is 2.17. The zero-order chi connectivity index (χ0) is 23.3. The third kappa shape index (κ3) is 4.98. The second kappa shape index (κ2) is 10.1. The minimum atomic E-state index is -0.159. The summed E-state index contributed by atoms with van der Waals surface area (Å²) in [5.74, 6) is 0.504. The summed E-state index contributed by atoms with van der Waals surface area (Å²) in [6.07, 6.45) is 3.90. The molecule has 8 heteroatoms. The fourth-order valence-electron chi connectivity index (χ4n) is 3.52. The molecule has 0 fully saturated rings. The van der Waals surface area contributed by atoms with E-state index in [9.17, 15) is 4.79 Å². The van der Waals surface area contributed by atoms with Gasteiger partial charge in [0, 0.05) is 15.8 Å². The summed E-state index contributed by atoms with van der Waals surface area (Å²) >= 11 is 3.24. The van der Waals surface area contributed by atoms with Gasteiger partial charge in [-0.25, -0.2) is 4.68 Å². The van der Waals surface area contributed by atoms with E-state index < -0.39 is 0 Å². The number of nitrogens with zero attached hydrogens (tertiary/aromatic N) is 3. The van der Waals surface area contributed by atoms with Crippen molar-refractivity contribution in [1.29, 1.82) is 0 Å². The molecular formula is C26H22N4O2S2. The molecule has 170 valence electrons. The SMILES string of the molecule is CSc1ccc(C=Nn2c(-c3ccc4c(c3)NC(=O)CO4)csc2=NCc2ccccc2)cc1. The molecule has 1 aliphatic rings. The van der Waals surface area contributed by atoms with Crippen molar-refractivity contribution >= 4 is 40.9 Å². The molecule has 0 radical (unpaired) electrons. The maximum absolute atomic E-state index is 11.8. The first-order chi connectivity index (χ1) is 16.7. The van der Waals surface area contributed by atoms with E-state index in [-0.39, 0.29) is 12.5 Å². The summed E-state index contributed by atoms with van der Waals surface area (Å²) in [6.45, 7) is 0.597. The average molecular weight is 487 g/mol. The summed E-state index contributed by atoms with van der Waals surface area (Å²) in [5.41, 5.74) is 4.59. The Balaban J connectivity index is 1.54. The Morgan fingerprint density at radius 3 is 2.74 bits per heavy atom. The molecule has 0 atom stereocenters. The number of benzene rings is 3. The Morgan fingerprint density at radius 1 is 1.12 bits per heavy atom. The molecule has 6 nitrogen and oxygen atoms in total. The fourth-order valence-corrected chi connectivity index (χ4v) is 4.76. The number of carbonyl (C=O) groups excluding carboxylic acids is 1. The monoisotopic (exact) mass is 486 g/mol. The van der Waals surface area contributed by atoms with Gasteiger partial charge in [0.2, 0.25) is 4.80 Å². The standard InChI is InChI=1S/C26H22N4O2S2/c1-33-21-10-7-19(8-11-21)15-28-30-23(17-34-26(30)27-14-18-5-3-2-4-6-18)20-9-12-24-22(13-20)29-25(31)16-32-24/h2-13,15,17H,14,16H2,1H3,(H,29,31). The topological polar surface area (TPSA) is 68.0 Å². The van der Waals surface area contributed by atoms with Crippen LogP contribution in [0.5, 0.6) is 5.75 Å². The van der Waals surface area contributed by atoms with E-state index in [1.807, 2.05) is 52.7 Å². The minimum absolute atomic E-state index is 0.0347. The third-order valence-corrected chi connectivity index (χ3v) is 6.87. The lowest BCUT2D eigenvalue weighted by molar-refractivity contribution is -0.118. The molecule has 1 aliphatic heterocycles. The first-order valence-corrected chi connectivity index (χ1v) is 12.8. The number of fused-ring (bicyclic) bond motifs is 1. The van der Waals surface area contributed by atoms with Crippen molar-refractivity contribution in [2.75, 3.05) is 18.2 Å². The maximum Gasteiger partial charge on any atom is 0.262 e. The Labute approximate surface area is 205 Å². The van der Waals surface area contributed by atoms with Gasteiger partial charge in [0.15, 0.2) is 6.61 Å². The highest BCUT2D eigenvalue weighted by molar-refractivity contribution is 7.98. The van der Waals surface area contributed by atoms with Crippen LogP contribution in [0.15, 0.2) is 93.2 Å². The number of ether oxygens (including phenoxy) is 1. The Kier molecular flexibility index (Phi) is 6.60. The molecule has 0 saturated carbocycles. The number of thioether (sulfide) groups is 1. The van der Waals surface area contributed by atoms with Crippen LogP contribution in [0.25, 0.3) is 11.3 Å². The second-order valence-electron chi connectivity index (χ2n) is 7.58. The van der Waals surface area contributed by atoms with Crippen LogP contribution in [0, 0.1) is 0 Å². The van der Waals surface area contributed by atoms with Crippen LogP contribution in [0.4, 0.5) is 5.69 Å². The number of anilines is 1. The molecule has 1 amide bonds. The molecular weight excluding hydrogens is 464 g/mol. The number of aromatic nitrogens is 1. The fraction of sp³-hybridized carbons (Fsp3) is 0.115. The molecule has 2 heterocycles. The minimum Gasteiger partial charge on any atom is -0.482 e. The van der Waals surface area contributed by atoms with Crippen LogP contribution in [-0.4, -0.2) is 29.7 Å². The van der Waals surface area contributed by atoms with E-state index in [0.29, 0.717) is 18.0 Å². The van der Waals surface area contributed by atoms with Gasteiger partial charge in [-0.15, -0.1) is 23.1 Å². The van der Waals surface area contributed by atoms with Crippen LogP contribution >= 0.6 is 23.1 Å². The Morgan fingerprint density at radius 2 is 1.94 bits per heavy atom. The predicted octanol–water partition coefficient (Wildman–Crippen LogP) is 5.25. The first-order valence-electron chi connectivity index (χ1n) is 10.7. The van der Waals surface area contributed by atoms with E-state index in [1.165, 1.54) is 16.2 Å².